The van der Waals surface area contributed by atoms with E-state index in [1.54, 1.807) is 0 Å². The van der Waals surface area contributed by atoms with Gasteiger partial charge in [0.15, 0.2) is 0 Å². The lowest BCUT2D eigenvalue weighted by Crippen LogP contribution is -2.52. The van der Waals surface area contributed by atoms with Gasteiger partial charge >= 0.3 is 0 Å². The molecule has 1 amide bonds. The van der Waals surface area contributed by atoms with Crippen molar-refractivity contribution in [2.75, 3.05) is 44.2 Å². The molecule has 8 nitrogen and oxygen atoms in total. The van der Waals surface area contributed by atoms with Gasteiger partial charge in [0.25, 0.3) is 5.56 Å². The van der Waals surface area contributed by atoms with E-state index in [0.717, 1.165) is 44.8 Å². The summed E-state index contributed by atoms with van der Waals surface area (Å²) in [7, 11) is 0. The molecule has 1 unspecified atom stereocenters. The van der Waals surface area contributed by atoms with Gasteiger partial charge in [-0.15, -0.1) is 0 Å². The van der Waals surface area contributed by atoms with E-state index in [9.17, 15) is 9.59 Å². The standard InChI is InChI=1S/C18H23N5O3/c24-10-9-23-12-20-15-11-13(1-2-14(15)18(23)26)21-5-7-22(8-6-21)16-3-4-19-17(16)25/h1-2,11-12,16,24H,3-10H2,(H,19,25). The zero-order valence-corrected chi connectivity index (χ0v) is 14.6. The van der Waals surface area contributed by atoms with E-state index in [2.05, 4.69) is 20.1 Å². The van der Waals surface area contributed by atoms with Gasteiger partial charge in [-0.3, -0.25) is 19.1 Å². The highest BCUT2D eigenvalue weighted by atomic mass is 16.3. The van der Waals surface area contributed by atoms with Gasteiger partial charge in [-0.05, 0) is 24.6 Å². The van der Waals surface area contributed by atoms with E-state index in [0.29, 0.717) is 10.9 Å². The zero-order valence-electron chi connectivity index (χ0n) is 14.6. The van der Waals surface area contributed by atoms with Crippen molar-refractivity contribution in [3.63, 3.8) is 0 Å². The fraction of sp³-hybridized carbons (Fsp3) is 0.500. The third-order valence-electron chi connectivity index (χ3n) is 5.29. The largest absolute Gasteiger partial charge is 0.395 e. The summed E-state index contributed by atoms with van der Waals surface area (Å²) in [5.74, 6) is 0.146. The Bertz CT molecular complexity index is 873. The van der Waals surface area contributed by atoms with Gasteiger partial charge in [0.2, 0.25) is 5.91 Å². The Morgan fingerprint density at radius 1 is 1.19 bits per heavy atom. The van der Waals surface area contributed by atoms with Gasteiger partial charge in [0, 0.05) is 38.4 Å². The van der Waals surface area contributed by atoms with Gasteiger partial charge in [-0.2, -0.15) is 0 Å². The van der Waals surface area contributed by atoms with Crippen molar-refractivity contribution in [1.29, 1.82) is 0 Å². The lowest BCUT2D eigenvalue weighted by molar-refractivity contribution is -0.123. The summed E-state index contributed by atoms with van der Waals surface area (Å²) in [5, 5.41) is 12.5. The lowest BCUT2D eigenvalue weighted by Gasteiger charge is -2.38. The number of aliphatic hydroxyl groups excluding tert-OH is 1. The number of carbonyl (C=O) groups is 1. The van der Waals surface area contributed by atoms with E-state index in [-0.39, 0.29) is 30.7 Å². The number of amides is 1. The molecule has 2 aromatic rings. The molecule has 0 saturated carbocycles. The van der Waals surface area contributed by atoms with Crippen molar-refractivity contribution < 1.29 is 9.90 Å². The predicted molar refractivity (Wildman–Crippen MR) is 98.3 cm³/mol. The molecule has 138 valence electrons. The number of fused-ring (bicyclic) bond motifs is 1. The number of aliphatic hydroxyl groups is 1. The first-order valence-corrected chi connectivity index (χ1v) is 9.04. The Balaban J connectivity index is 1.50. The summed E-state index contributed by atoms with van der Waals surface area (Å²) < 4.78 is 1.42. The summed E-state index contributed by atoms with van der Waals surface area (Å²) in [4.78, 5) is 33.1. The summed E-state index contributed by atoms with van der Waals surface area (Å²) in [6.45, 7) is 4.32. The summed E-state index contributed by atoms with van der Waals surface area (Å²) in [6.07, 6.45) is 2.38. The minimum atomic E-state index is -0.132. The normalized spacial score (nSPS) is 21.3. The highest BCUT2D eigenvalue weighted by Crippen LogP contribution is 2.22. The maximum Gasteiger partial charge on any atom is 0.261 e. The monoisotopic (exact) mass is 357 g/mol. The topological polar surface area (TPSA) is 90.7 Å². The smallest absolute Gasteiger partial charge is 0.261 e. The third kappa shape index (κ3) is 3.06. The second-order valence-corrected chi connectivity index (χ2v) is 6.79. The molecule has 1 atom stereocenters. The number of nitrogens with one attached hydrogen (secondary N) is 1. The van der Waals surface area contributed by atoms with Crippen LogP contribution >= 0.6 is 0 Å². The van der Waals surface area contributed by atoms with Gasteiger partial charge in [0.05, 0.1) is 36.4 Å². The fourth-order valence-electron chi connectivity index (χ4n) is 3.83. The highest BCUT2D eigenvalue weighted by Gasteiger charge is 2.32. The molecule has 0 spiro atoms. The summed E-state index contributed by atoms with van der Waals surface area (Å²) in [5.41, 5.74) is 1.58. The maximum absolute atomic E-state index is 12.4. The van der Waals surface area contributed by atoms with Gasteiger partial charge in [-0.25, -0.2) is 4.98 Å². The average molecular weight is 357 g/mol. The Morgan fingerprint density at radius 2 is 2.00 bits per heavy atom. The molecule has 3 heterocycles. The number of benzene rings is 1. The number of hydrogen-bond acceptors (Lipinski definition) is 6. The van der Waals surface area contributed by atoms with Crippen molar-refractivity contribution in [2.24, 2.45) is 0 Å². The van der Waals surface area contributed by atoms with Crippen LogP contribution in [0.5, 0.6) is 0 Å². The molecular formula is C18H23N5O3. The number of aromatic nitrogens is 2. The van der Waals surface area contributed by atoms with E-state index in [1.165, 1.54) is 10.9 Å². The molecule has 0 bridgehead atoms. The quantitative estimate of drug-likeness (QED) is 0.759. The van der Waals surface area contributed by atoms with Crippen LogP contribution in [0.4, 0.5) is 5.69 Å². The van der Waals surface area contributed by atoms with Crippen LogP contribution in [0.15, 0.2) is 29.3 Å². The van der Waals surface area contributed by atoms with Crippen LogP contribution in [0.25, 0.3) is 10.9 Å². The van der Waals surface area contributed by atoms with Crippen LogP contribution in [-0.2, 0) is 11.3 Å². The Kier molecular flexibility index (Phi) is 4.60. The molecule has 2 N–H and O–H groups in total. The van der Waals surface area contributed by atoms with Crippen molar-refractivity contribution >= 4 is 22.5 Å². The van der Waals surface area contributed by atoms with Crippen molar-refractivity contribution in [3.8, 4) is 0 Å². The van der Waals surface area contributed by atoms with E-state index in [4.69, 9.17) is 5.11 Å². The van der Waals surface area contributed by atoms with Crippen molar-refractivity contribution in [1.82, 2.24) is 19.8 Å². The molecule has 2 fully saturated rings. The molecule has 4 rings (SSSR count). The molecular weight excluding hydrogens is 334 g/mol. The molecule has 2 aliphatic heterocycles. The first-order valence-electron chi connectivity index (χ1n) is 9.04. The third-order valence-corrected chi connectivity index (χ3v) is 5.29. The molecule has 1 aromatic heterocycles. The van der Waals surface area contributed by atoms with E-state index >= 15 is 0 Å². The van der Waals surface area contributed by atoms with Crippen LogP contribution in [0.2, 0.25) is 0 Å². The molecule has 8 heteroatoms. The minimum Gasteiger partial charge on any atom is -0.395 e. The van der Waals surface area contributed by atoms with Crippen LogP contribution in [0.3, 0.4) is 0 Å². The number of rotatable bonds is 4. The molecule has 0 radical (unpaired) electrons. The second-order valence-electron chi connectivity index (χ2n) is 6.79. The predicted octanol–water partition coefficient (Wildman–Crippen LogP) is -0.601. The Labute approximate surface area is 151 Å². The first-order chi connectivity index (χ1) is 12.7. The first kappa shape index (κ1) is 17.0. The van der Waals surface area contributed by atoms with E-state index < -0.39 is 0 Å². The number of anilines is 1. The van der Waals surface area contributed by atoms with Crippen molar-refractivity contribution in [2.45, 2.75) is 19.0 Å². The highest BCUT2D eigenvalue weighted by molar-refractivity contribution is 5.84. The van der Waals surface area contributed by atoms with Crippen LogP contribution in [0.1, 0.15) is 6.42 Å². The zero-order chi connectivity index (χ0) is 18.1. The summed E-state index contributed by atoms with van der Waals surface area (Å²) >= 11 is 0. The average Bonchev–Trinajstić information content (AvgIpc) is 3.10. The molecule has 2 saturated heterocycles. The number of nitrogens with zero attached hydrogens (tertiary/aromatic N) is 4. The van der Waals surface area contributed by atoms with Gasteiger partial charge in [0.1, 0.15) is 0 Å². The second kappa shape index (κ2) is 7.05. The molecule has 1 aromatic carbocycles. The van der Waals surface area contributed by atoms with Crippen LogP contribution in [-0.4, -0.2) is 70.8 Å². The minimum absolute atomic E-state index is 0.0143. The van der Waals surface area contributed by atoms with Gasteiger partial charge in [-0.1, -0.05) is 0 Å². The molecule has 0 aliphatic carbocycles. The molecule has 26 heavy (non-hydrogen) atoms. The van der Waals surface area contributed by atoms with Gasteiger partial charge < -0.3 is 15.3 Å². The van der Waals surface area contributed by atoms with E-state index in [1.807, 2.05) is 18.2 Å². The SMILES string of the molecule is O=C1NCCC1N1CCN(c2ccc3c(=O)n(CCO)cnc3c2)CC1. The van der Waals surface area contributed by atoms with Crippen molar-refractivity contribution in [3.05, 3.63) is 34.9 Å². The Hall–Kier alpha value is -2.45. The fourth-order valence-corrected chi connectivity index (χ4v) is 3.83. The number of piperazine rings is 1. The summed E-state index contributed by atoms with van der Waals surface area (Å²) in [6, 6.07) is 5.72. The molecule has 2 aliphatic rings. The maximum atomic E-state index is 12.4. The van der Waals surface area contributed by atoms with Crippen LogP contribution < -0.4 is 15.8 Å². The lowest BCUT2D eigenvalue weighted by atomic mass is 10.1. The number of carbonyl (C=O) groups excluding carboxylic acids is 1. The van der Waals surface area contributed by atoms with Crippen LogP contribution in [0, 0.1) is 0 Å². The number of hydrogen-bond donors (Lipinski definition) is 2. The Morgan fingerprint density at radius 3 is 2.69 bits per heavy atom.